The molecule has 2 heterocycles. The zero-order valence-electron chi connectivity index (χ0n) is 13.7. The molecule has 2 aromatic rings. The van der Waals surface area contributed by atoms with Crippen LogP contribution in [0, 0.1) is 5.92 Å². The standard InChI is InChI=1S/C18H22N4O2/c1-13-9-10-19-11-16(13)20-17(23)12-22-18(24)8-7-15(21-22)14-5-3-2-4-6-14/h2-8,13,16,19H,9-12H2,1H3,(H,20,23). The SMILES string of the molecule is CC1CCNCC1NC(=O)Cn1nc(-c2ccccc2)ccc1=O. The van der Waals surface area contributed by atoms with E-state index in [-0.39, 0.29) is 24.1 Å². The average Bonchev–Trinajstić information content (AvgIpc) is 2.60. The fourth-order valence-corrected chi connectivity index (χ4v) is 2.90. The summed E-state index contributed by atoms with van der Waals surface area (Å²) in [5, 5.41) is 10.6. The van der Waals surface area contributed by atoms with E-state index in [2.05, 4.69) is 22.7 Å². The molecule has 0 aliphatic carbocycles. The van der Waals surface area contributed by atoms with Crippen LogP contribution in [0.1, 0.15) is 13.3 Å². The summed E-state index contributed by atoms with van der Waals surface area (Å²) >= 11 is 0. The first-order valence-electron chi connectivity index (χ1n) is 8.27. The highest BCUT2D eigenvalue weighted by Crippen LogP contribution is 2.14. The van der Waals surface area contributed by atoms with Gasteiger partial charge in [0.1, 0.15) is 6.54 Å². The highest BCUT2D eigenvalue weighted by Gasteiger charge is 2.22. The first kappa shape index (κ1) is 16.4. The van der Waals surface area contributed by atoms with Gasteiger partial charge in [-0.05, 0) is 24.9 Å². The van der Waals surface area contributed by atoms with Crippen LogP contribution in [-0.2, 0) is 11.3 Å². The van der Waals surface area contributed by atoms with E-state index in [1.807, 2.05) is 30.3 Å². The van der Waals surface area contributed by atoms with E-state index in [1.165, 1.54) is 10.7 Å². The van der Waals surface area contributed by atoms with Crippen LogP contribution < -0.4 is 16.2 Å². The van der Waals surface area contributed by atoms with Crippen molar-refractivity contribution in [2.24, 2.45) is 5.92 Å². The quantitative estimate of drug-likeness (QED) is 0.880. The molecule has 126 valence electrons. The lowest BCUT2D eigenvalue weighted by Crippen LogP contribution is -2.51. The Labute approximate surface area is 140 Å². The van der Waals surface area contributed by atoms with Crippen molar-refractivity contribution >= 4 is 5.91 Å². The maximum absolute atomic E-state index is 12.3. The van der Waals surface area contributed by atoms with Gasteiger partial charge >= 0.3 is 0 Å². The summed E-state index contributed by atoms with van der Waals surface area (Å²) in [5.41, 5.74) is 1.31. The van der Waals surface area contributed by atoms with Crippen LogP contribution in [0.5, 0.6) is 0 Å². The van der Waals surface area contributed by atoms with Crippen molar-refractivity contribution in [3.63, 3.8) is 0 Å². The van der Waals surface area contributed by atoms with Crippen LogP contribution in [0.4, 0.5) is 0 Å². The zero-order chi connectivity index (χ0) is 16.9. The molecule has 1 aliphatic heterocycles. The predicted octanol–water partition coefficient (Wildman–Crippen LogP) is 1.02. The van der Waals surface area contributed by atoms with Crippen molar-refractivity contribution in [1.29, 1.82) is 0 Å². The molecule has 3 rings (SSSR count). The molecular formula is C18H22N4O2. The summed E-state index contributed by atoms with van der Waals surface area (Å²) in [6.45, 7) is 3.81. The fourth-order valence-electron chi connectivity index (χ4n) is 2.90. The Morgan fingerprint density at radius 3 is 2.83 bits per heavy atom. The molecule has 2 unspecified atom stereocenters. The second kappa shape index (κ2) is 7.40. The van der Waals surface area contributed by atoms with Crippen molar-refractivity contribution in [2.45, 2.75) is 25.9 Å². The van der Waals surface area contributed by atoms with Gasteiger partial charge in [0.2, 0.25) is 5.91 Å². The molecule has 6 heteroatoms. The van der Waals surface area contributed by atoms with Crippen molar-refractivity contribution in [2.75, 3.05) is 13.1 Å². The second-order valence-electron chi connectivity index (χ2n) is 6.22. The minimum absolute atomic E-state index is 0.0667. The Kier molecular flexibility index (Phi) is 5.05. The third kappa shape index (κ3) is 3.89. The minimum Gasteiger partial charge on any atom is -0.350 e. The van der Waals surface area contributed by atoms with E-state index in [0.717, 1.165) is 25.1 Å². The summed E-state index contributed by atoms with van der Waals surface area (Å²) in [5.74, 6) is 0.242. The summed E-state index contributed by atoms with van der Waals surface area (Å²) in [6, 6.07) is 12.8. The molecule has 1 amide bonds. The van der Waals surface area contributed by atoms with Crippen molar-refractivity contribution in [1.82, 2.24) is 20.4 Å². The molecule has 0 radical (unpaired) electrons. The van der Waals surface area contributed by atoms with Crippen molar-refractivity contribution < 1.29 is 4.79 Å². The molecule has 1 aromatic heterocycles. The van der Waals surface area contributed by atoms with Crippen LogP contribution in [-0.4, -0.2) is 34.8 Å². The molecule has 0 bridgehead atoms. The van der Waals surface area contributed by atoms with E-state index in [9.17, 15) is 9.59 Å². The number of carbonyl (C=O) groups excluding carboxylic acids is 1. The molecule has 6 nitrogen and oxygen atoms in total. The largest absolute Gasteiger partial charge is 0.350 e. The second-order valence-corrected chi connectivity index (χ2v) is 6.22. The molecule has 1 aliphatic rings. The maximum Gasteiger partial charge on any atom is 0.267 e. The van der Waals surface area contributed by atoms with E-state index in [1.54, 1.807) is 6.07 Å². The van der Waals surface area contributed by atoms with Gasteiger partial charge in [-0.3, -0.25) is 9.59 Å². The predicted molar refractivity (Wildman–Crippen MR) is 92.5 cm³/mol. The number of hydrogen-bond acceptors (Lipinski definition) is 4. The van der Waals surface area contributed by atoms with E-state index in [0.29, 0.717) is 11.6 Å². The van der Waals surface area contributed by atoms with Gasteiger partial charge in [0.15, 0.2) is 0 Å². The molecular weight excluding hydrogens is 304 g/mol. The van der Waals surface area contributed by atoms with Gasteiger partial charge < -0.3 is 10.6 Å². The number of amides is 1. The molecule has 1 aromatic carbocycles. The number of aromatic nitrogens is 2. The molecule has 2 N–H and O–H groups in total. The van der Waals surface area contributed by atoms with Gasteiger partial charge in [0.25, 0.3) is 5.56 Å². The normalized spacial score (nSPS) is 20.5. The van der Waals surface area contributed by atoms with Gasteiger partial charge in [-0.25, -0.2) is 4.68 Å². The highest BCUT2D eigenvalue weighted by atomic mass is 16.2. The molecule has 24 heavy (non-hydrogen) atoms. The van der Waals surface area contributed by atoms with Gasteiger partial charge in [0, 0.05) is 24.2 Å². The lowest BCUT2D eigenvalue weighted by atomic mass is 9.95. The molecule has 2 atom stereocenters. The number of nitrogens with one attached hydrogen (secondary N) is 2. The smallest absolute Gasteiger partial charge is 0.267 e. The maximum atomic E-state index is 12.3. The lowest BCUT2D eigenvalue weighted by molar-refractivity contribution is -0.123. The highest BCUT2D eigenvalue weighted by molar-refractivity contribution is 5.76. The molecule has 0 spiro atoms. The molecule has 1 fully saturated rings. The molecule has 1 saturated heterocycles. The lowest BCUT2D eigenvalue weighted by Gasteiger charge is -2.30. The zero-order valence-corrected chi connectivity index (χ0v) is 13.7. The van der Waals surface area contributed by atoms with Gasteiger partial charge in [-0.15, -0.1) is 0 Å². The third-order valence-corrected chi connectivity index (χ3v) is 4.40. The summed E-state index contributed by atoms with van der Waals surface area (Å²) in [6.07, 6.45) is 1.03. The Bertz CT molecular complexity index is 757. The first-order chi connectivity index (χ1) is 11.6. The summed E-state index contributed by atoms with van der Waals surface area (Å²) in [4.78, 5) is 24.3. The van der Waals surface area contributed by atoms with Crippen LogP contribution in [0.25, 0.3) is 11.3 Å². The van der Waals surface area contributed by atoms with Crippen molar-refractivity contribution in [3.05, 3.63) is 52.8 Å². The van der Waals surface area contributed by atoms with Crippen LogP contribution >= 0.6 is 0 Å². The first-order valence-corrected chi connectivity index (χ1v) is 8.27. The monoisotopic (exact) mass is 326 g/mol. The fraction of sp³-hybridized carbons (Fsp3) is 0.389. The summed E-state index contributed by atoms with van der Waals surface area (Å²) < 4.78 is 1.22. The number of carbonyl (C=O) groups is 1. The number of piperidine rings is 1. The number of hydrogen-bond donors (Lipinski definition) is 2. The average molecular weight is 326 g/mol. The minimum atomic E-state index is -0.278. The Morgan fingerprint density at radius 1 is 1.29 bits per heavy atom. The van der Waals surface area contributed by atoms with Gasteiger partial charge in [-0.2, -0.15) is 5.10 Å². The van der Waals surface area contributed by atoms with Crippen molar-refractivity contribution in [3.8, 4) is 11.3 Å². The Morgan fingerprint density at radius 2 is 2.08 bits per heavy atom. The number of benzene rings is 1. The van der Waals surface area contributed by atoms with Gasteiger partial charge in [-0.1, -0.05) is 37.3 Å². The van der Waals surface area contributed by atoms with E-state index >= 15 is 0 Å². The Hall–Kier alpha value is -2.47. The van der Waals surface area contributed by atoms with E-state index in [4.69, 9.17) is 0 Å². The Balaban J connectivity index is 1.72. The van der Waals surface area contributed by atoms with Crippen LogP contribution in [0.2, 0.25) is 0 Å². The topological polar surface area (TPSA) is 76.0 Å². The third-order valence-electron chi connectivity index (χ3n) is 4.40. The number of rotatable bonds is 4. The van der Waals surface area contributed by atoms with Crippen LogP contribution in [0.15, 0.2) is 47.3 Å². The van der Waals surface area contributed by atoms with Gasteiger partial charge in [0.05, 0.1) is 5.69 Å². The molecule has 0 saturated carbocycles. The van der Waals surface area contributed by atoms with E-state index < -0.39 is 0 Å². The van der Waals surface area contributed by atoms with Crippen LogP contribution in [0.3, 0.4) is 0 Å². The number of nitrogens with zero attached hydrogens (tertiary/aromatic N) is 2. The summed E-state index contributed by atoms with van der Waals surface area (Å²) in [7, 11) is 0.